The van der Waals surface area contributed by atoms with Crippen LogP contribution in [0, 0.1) is 5.92 Å². The van der Waals surface area contributed by atoms with Crippen molar-refractivity contribution in [2.45, 2.75) is 77.6 Å². The number of carbonyl (C=O) groups is 1. The highest BCUT2D eigenvalue weighted by Crippen LogP contribution is 2.14. The SMILES string of the molecule is CCCCCCCCCCNC(=O)CCC1CCNC1. The van der Waals surface area contributed by atoms with Gasteiger partial charge in [-0.25, -0.2) is 0 Å². The van der Waals surface area contributed by atoms with Gasteiger partial charge in [0, 0.05) is 13.0 Å². The zero-order valence-electron chi connectivity index (χ0n) is 13.4. The average Bonchev–Trinajstić information content (AvgIpc) is 2.96. The second-order valence-corrected chi connectivity index (χ2v) is 6.22. The molecule has 0 aliphatic carbocycles. The van der Waals surface area contributed by atoms with Gasteiger partial charge in [0.2, 0.25) is 5.91 Å². The van der Waals surface area contributed by atoms with Gasteiger partial charge in [-0.1, -0.05) is 51.9 Å². The van der Waals surface area contributed by atoms with E-state index >= 15 is 0 Å². The highest BCUT2D eigenvalue weighted by atomic mass is 16.1. The number of rotatable bonds is 12. The maximum Gasteiger partial charge on any atom is 0.220 e. The highest BCUT2D eigenvalue weighted by molar-refractivity contribution is 5.75. The van der Waals surface area contributed by atoms with Gasteiger partial charge in [-0.3, -0.25) is 4.79 Å². The molecule has 0 spiro atoms. The van der Waals surface area contributed by atoms with E-state index in [2.05, 4.69) is 17.6 Å². The number of unbranched alkanes of at least 4 members (excludes halogenated alkanes) is 7. The molecule has 1 heterocycles. The van der Waals surface area contributed by atoms with E-state index in [1.54, 1.807) is 0 Å². The van der Waals surface area contributed by atoms with Crippen LogP contribution in [-0.4, -0.2) is 25.5 Å². The molecule has 1 atom stereocenters. The number of amides is 1. The summed E-state index contributed by atoms with van der Waals surface area (Å²) in [7, 11) is 0. The summed E-state index contributed by atoms with van der Waals surface area (Å²) in [6, 6.07) is 0. The number of hydrogen-bond donors (Lipinski definition) is 2. The Bertz CT molecular complexity index is 237. The normalized spacial score (nSPS) is 18.4. The predicted molar refractivity (Wildman–Crippen MR) is 85.8 cm³/mol. The monoisotopic (exact) mass is 282 g/mol. The minimum Gasteiger partial charge on any atom is -0.356 e. The standard InChI is InChI=1S/C17H34N2O/c1-2-3-4-5-6-7-8-9-13-19-17(20)11-10-16-12-14-18-15-16/h16,18H,2-15H2,1H3,(H,19,20). The molecule has 1 saturated heterocycles. The number of nitrogens with one attached hydrogen (secondary N) is 2. The van der Waals surface area contributed by atoms with Crippen LogP contribution in [0.2, 0.25) is 0 Å². The lowest BCUT2D eigenvalue weighted by atomic mass is 10.0. The first-order chi connectivity index (χ1) is 9.83. The van der Waals surface area contributed by atoms with Crippen LogP contribution >= 0.6 is 0 Å². The predicted octanol–water partition coefficient (Wildman–Crippen LogP) is 3.63. The van der Waals surface area contributed by atoms with Crippen LogP contribution < -0.4 is 10.6 Å². The van der Waals surface area contributed by atoms with Crippen LogP contribution in [0.15, 0.2) is 0 Å². The third-order valence-electron chi connectivity index (χ3n) is 4.29. The smallest absolute Gasteiger partial charge is 0.220 e. The fourth-order valence-corrected chi connectivity index (χ4v) is 2.87. The molecule has 0 aromatic rings. The second-order valence-electron chi connectivity index (χ2n) is 6.22. The van der Waals surface area contributed by atoms with Crippen molar-refractivity contribution in [2.24, 2.45) is 5.92 Å². The van der Waals surface area contributed by atoms with Crippen LogP contribution in [0.25, 0.3) is 0 Å². The summed E-state index contributed by atoms with van der Waals surface area (Å²) in [5, 5.41) is 6.41. The quantitative estimate of drug-likeness (QED) is 0.537. The number of hydrogen-bond acceptors (Lipinski definition) is 2. The molecule has 1 aliphatic rings. The first kappa shape index (κ1) is 17.5. The first-order valence-electron chi connectivity index (χ1n) is 8.80. The van der Waals surface area contributed by atoms with Crippen LogP contribution in [-0.2, 0) is 4.79 Å². The molecule has 0 saturated carbocycles. The van der Waals surface area contributed by atoms with Crippen molar-refractivity contribution in [1.82, 2.24) is 10.6 Å². The Morgan fingerprint density at radius 1 is 1.10 bits per heavy atom. The van der Waals surface area contributed by atoms with Crippen LogP contribution in [0.4, 0.5) is 0 Å². The summed E-state index contributed by atoms with van der Waals surface area (Å²) in [5.74, 6) is 0.976. The van der Waals surface area contributed by atoms with E-state index in [9.17, 15) is 4.79 Å². The average molecular weight is 282 g/mol. The molecular formula is C17H34N2O. The molecule has 1 aliphatic heterocycles. The van der Waals surface area contributed by atoms with Crippen molar-refractivity contribution >= 4 is 5.91 Å². The minimum atomic E-state index is 0.250. The molecular weight excluding hydrogens is 248 g/mol. The second kappa shape index (κ2) is 12.2. The van der Waals surface area contributed by atoms with E-state index in [-0.39, 0.29) is 5.91 Å². The Morgan fingerprint density at radius 3 is 2.45 bits per heavy atom. The molecule has 3 nitrogen and oxygen atoms in total. The molecule has 1 unspecified atom stereocenters. The van der Waals surface area contributed by atoms with Crippen molar-refractivity contribution in [1.29, 1.82) is 0 Å². The molecule has 0 aromatic carbocycles. The molecule has 118 valence electrons. The van der Waals surface area contributed by atoms with Gasteiger partial charge >= 0.3 is 0 Å². The fraction of sp³-hybridized carbons (Fsp3) is 0.941. The Balaban J connectivity index is 1.79. The van der Waals surface area contributed by atoms with Gasteiger partial charge < -0.3 is 10.6 Å². The minimum absolute atomic E-state index is 0.250. The van der Waals surface area contributed by atoms with Crippen LogP contribution in [0.1, 0.15) is 77.6 Å². The van der Waals surface area contributed by atoms with Gasteiger partial charge in [0.25, 0.3) is 0 Å². The van der Waals surface area contributed by atoms with E-state index in [1.165, 1.54) is 51.4 Å². The van der Waals surface area contributed by atoms with Crippen molar-refractivity contribution in [3.05, 3.63) is 0 Å². The topological polar surface area (TPSA) is 41.1 Å². The lowest BCUT2D eigenvalue weighted by Crippen LogP contribution is -2.25. The highest BCUT2D eigenvalue weighted by Gasteiger charge is 2.15. The van der Waals surface area contributed by atoms with E-state index in [0.29, 0.717) is 6.42 Å². The maximum atomic E-state index is 11.7. The molecule has 2 N–H and O–H groups in total. The van der Waals surface area contributed by atoms with Gasteiger partial charge in [-0.15, -0.1) is 0 Å². The summed E-state index contributed by atoms with van der Waals surface area (Å²) >= 11 is 0. The molecule has 3 heteroatoms. The summed E-state index contributed by atoms with van der Waals surface area (Å²) in [5.41, 5.74) is 0. The molecule has 0 radical (unpaired) electrons. The third kappa shape index (κ3) is 9.35. The van der Waals surface area contributed by atoms with Gasteiger partial charge in [0.15, 0.2) is 0 Å². The first-order valence-corrected chi connectivity index (χ1v) is 8.80. The lowest BCUT2D eigenvalue weighted by Gasteiger charge is -2.08. The number of carbonyl (C=O) groups excluding carboxylic acids is 1. The van der Waals surface area contributed by atoms with E-state index in [1.807, 2.05) is 0 Å². The summed E-state index contributed by atoms with van der Waals surface area (Å²) < 4.78 is 0. The summed E-state index contributed by atoms with van der Waals surface area (Å²) in [6.45, 7) is 5.36. The van der Waals surface area contributed by atoms with Gasteiger partial charge in [0.05, 0.1) is 0 Å². The third-order valence-corrected chi connectivity index (χ3v) is 4.29. The molecule has 1 rings (SSSR count). The van der Waals surface area contributed by atoms with Crippen LogP contribution in [0.5, 0.6) is 0 Å². The van der Waals surface area contributed by atoms with Crippen LogP contribution in [0.3, 0.4) is 0 Å². The van der Waals surface area contributed by atoms with E-state index < -0.39 is 0 Å². The molecule has 0 bridgehead atoms. The lowest BCUT2D eigenvalue weighted by molar-refractivity contribution is -0.121. The Labute approximate surface area is 125 Å². The summed E-state index contributed by atoms with van der Waals surface area (Å²) in [4.78, 5) is 11.7. The van der Waals surface area contributed by atoms with E-state index in [0.717, 1.165) is 38.4 Å². The molecule has 1 amide bonds. The zero-order chi connectivity index (χ0) is 14.5. The fourth-order valence-electron chi connectivity index (χ4n) is 2.87. The van der Waals surface area contributed by atoms with Gasteiger partial charge in [-0.2, -0.15) is 0 Å². The zero-order valence-corrected chi connectivity index (χ0v) is 13.4. The Morgan fingerprint density at radius 2 is 1.80 bits per heavy atom. The van der Waals surface area contributed by atoms with Crippen molar-refractivity contribution in [3.8, 4) is 0 Å². The van der Waals surface area contributed by atoms with Gasteiger partial charge in [-0.05, 0) is 38.3 Å². The largest absolute Gasteiger partial charge is 0.356 e. The van der Waals surface area contributed by atoms with Gasteiger partial charge in [0.1, 0.15) is 0 Å². The van der Waals surface area contributed by atoms with Crippen molar-refractivity contribution in [2.75, 3.05) is 19.6 Å². The summed E-state index contributed by atoms with van der Waals surface area (Å²) in [6.07, 6.45) is 13.6. The molecule has 0 aromatic heterocycles. The van der Waals surface area contributed by atoms with Crippen molar-refractivity contribution < 1.29 is 4.79 Å². The Kier molecular flexibility index (Phi) is 10.7. The molecule has 20 heavy (non-hydrogen) atoms. The maximum absolute atomic E-state index is 11.7. The molecule has 1 fully saturated rings. The van der Waals surface area contributed by atoms with Crippen molar-refractivity contribution in [3.63, 3.8) is 0 Å². The Hall–Kier alpha value is -0.570. The van der Waals surface area contributed by atoms with E-state index in [4.69, 9.17) is 0 Å².